The molecule has 0 unspecified atom stereocenters. The first-order valence-electron chi connectivity index (χ1n) is 11.1. The maximum atomic E-state index is 12.6. The SMILES string of the molecule is C[C@@H]1CNc2c(sc3ccc4nc(-c5ccc(N6CCNCC6)cc5)ccc4c23)C(=O)N1. The number of nitrogens with one attached hydrogen (secondary N) is 3. The lowest BCUT2D eigenvalue weighted by molar-refractivity contribution is 0.0949. The third-order valence-electron chi connectivity index (χ3n) is 6.34. The zero-order valence-corrected chi connectivity index (χ0v) is 18.8. The van der Waals surface area contributed by atoms with Crippen LogP contribution in [0.3, 0.4) is 0 Å². The Balaban J connectivity index is 1.39. The van der Waals surface area contributed by atoms with E-state index < -0.39 is 0 Å². The first-order chi connectivity index (χ1) is 15.7. The molecule has 0 saturated carbocycles. The molecule has 2 aromatic carbocycles. The molecule has 0 aliphatic carbocycles. The minimum atomic E-state index is 0.000931. The molecule has 1 saturated heterocycles. The number of pyridine rings is 1. The summed E-state index contributed by atoms with van der Waals surface area (Å²) in [5, 5.41) is 12.1. The van der Waals surface area contributed by atoms with Crippen LogP contribution in [-0.4, -0.2) is 49.7 Å². The minimum Gasteiger partial charge on any atom is -0.381 e. The summed E-state index contributed by atoms with van der Waals surface area (Å²) in [6.07, 6.45) is 0. The van der Waals surface area contributed by atoms with Crippen LogP contribution < -0.4 is 20.9 Å². The highest BCUT2D eigenvalue weighted by Gasteiger charge is 2.24. The molecule has 0 spiro atoms. The van der Waals surface area contributed by atoms with Gasteiger partial charge in [0.15, 0.2) is 0 Å². The maximum Gasteiger partial charge on any atom is 0.263 e. The molecule has 1 fully saturated rings. The second-order valence-electron chi connectivity index (χ2n) is 8.55. The smallest absolute Gasteiger partial charge is 0.263 e. The van der Waals surface area contributed by atoms with Gasteiger partial charge in [-0.1, -0.05) is 12.1 Å². The molecule has 1 atom stereocenters. The first kappa shape index (κ1) is 19.5. The van der Waals surface area contributed by atoms with Crippen molar-refractivity contribution >= 4 is 49.6 Å². The van der Waals surface area contributed by atoms with Crippen LogP contribution >= 0.6 is 11.3 Å². The van der Waals surface area contributed by atoms with Gasteiger partial charge in [-0.25, -0.2) is 4.98 Å². The number of hydrogen-bond donors (Lipinski definition) is 3. The molecule has 2 aliphatic rings. The van der Waals surface area contributed by atoms with Gasteiger partial charge >= 0.3 is 0 Å². The standard InChI is InChI=1S/C25H25N5OS/c1-15-14-27-23-22-18-6-7-19(16-2-4-17(5-3-16)30-12-10-26-11-13-30)29-20(18)8-9-21(22)32-24(23)25(31)28-15/h2-9,15,26-27H,10-14H2,1H3,(H,28,31)/t15-/m1/s1. The van der Waals surface area contributed by atoms with Gasteiger partial charge in [0.05, 0.1) is 16.9 Å². The van der Waals surface area contributed by atoms with Gasteiger partial charge in [-0.15, -0.1) is 11.3 Å². The Kier molecular flexibility index (Phi) is 4.73. The normalized spacial score (nSPS) is 18.8. The number of piperazine rings is 1. The number of thiophene rings is 1. The van der Waals surface area contributed by atoms with E-state index in [0.717, 1.165) is 69.0 Å². The van der Waals surface area contributed by atoms with Gasteiger partial charge in [-0.05, 0) is 43.3 Å². The molecule has 6 nitrogen and oxygen atoms in total. The van der Waals surface area contributed by atoms with Crippen molar-refractivity contribution in [3.8, 4) is 11.3 Å². The van der Waals surface area contributed by atoms with E-state index in [2.05, 4.69) is 69.4 Å². The molecule has 32 heavy (non-hydrogen) atoms. The summed E-state index contributed by atoms with van der Waals surface area (Å²) >= 11 is 1.54. The van der Waals surface area contributed by atoms with Crippen molar-refractivity contribution in [3.05, 3.63) is 53.4 Å². The molecule has 4 aromatic rings. The highest BCUT2D eigenvalue weighted by molar-refractivity contribution is 7.21. The van der Waals surface area contributed by atoms with Gasteiger partial charge < -0.3 is 20.9 Å². The highest BCUT2D eigenvalue weighted by atomic mass is 32.1. The largest absolute Gasteiger partial charge is 0.381 e. The lowest BCUT2D eigenvalue weighted by atomic mass is 10.1. The summed E-state index contributed by atoms with van der Waals surface area (Å²) in [7, 11) is 0. The topological polar surface area (TPSA) is 69.3 Å². The number of aromatic nitrogens is 1. The Morgan fingerprint density at radius 1 is 1.03 bits per heavy atom. The molecule has 2 aromatic heterocycles. The van der Waals surface area contributed by atoms with Gasteiger partial charge in [-0.3, -0.25) is 4.79 Å². The summed E-state index contributed by atoms with van der Waals surface area (Å²) in [5.41, 5.74) is 5.22. The summed E-state index contributed by atoms with van der Waals surface area (Å²) in [5.74, 6) is 0.000931. The van der Waals surface area contributed by atoms with Crippen molar-refractivity contribution in [3.63, 3.8) is 0 Å². The van der Waals surface area contributed by atoms with Crippen molar-refractivity contribution in [2.75, 3.05) is 42.9 Å². The van der Waals surface area contributed by atoms with Crippen LogP contribution in [0.4, 0.5) is 11.4 Å². The van der Waals surface area contributed by atoms with Crippen LogP contribution in [0.15, 0.2) is 48.5 Å². The Labute approximate surface area is 190 Å². The Morgan fingerprint density at radius 2 is 1.84 bits per heavy atom. The summed E-state index contributed by atoms with van der Waals surface area (Å²) in [4.78, 5) is 20.8. The van der Waals surface area contributed by atoms with Crippen LogP contribution in [0.25, 0.3) is 32.2 Å². The predicted molar refractivity (Wildman–Crippen MR) is 133 cm³/mol. The average Bonchev–Trinajstić information content (AvgIpc) is 3.16. The quantitative estimate of drug-likeness (QED) is 0.436. The number of fused-ring (bicyclic) bond motifs is 5. The van der Waals surface area contributed by atoms with Crippen molar-refractivity contribution < 1.29 is 4.79 Å². The molecular formula is C25H25N5OS. The fourth-order valence-corrected chi connectivity index (χ4v) is 5.75. The Morgan fingerprint density at radius 3 is 2.66 bits per heavy atom. The molecule has 1 amide bonds. The van der Waals surface area contributed by atoms with Crippen molar-refractivity contribution in [2.24, 2.45) is 0 Å². The lowest BCUT2D eigenvalue weighted by Crippen LogP contribution is -2.43. The maximum absolute atomic E-state index is 12.6. The molecule has 4 heterocycles. The van der Waals surface area contributed by atoms with Crippen LogP contribution in [0, 0.1) is 0 Å². The van der Waals surface area contributed by atoms with E-state index in [9.17, 15) is 4.79 Å². The van der Waals surface area contributed by atoms with E-state index in [1.807, 2.05) is 6.92 Å². The number of anilines is 2. The molecule has 162 valence electrons. The van der Waals surface area contributed by atoms with E-state index in [1.54, 1.807) is 11.3 Å². The number of benzene rings is 2. The number of carbonyl (C=O) groups is 1. The molecule has 3 N–H and O–H groups in total. The van der Waals surface area contributed by atoms with Crippen molar-refractivity contribution in [2.45, 2.75) is 13.0 Å². The summed E-state index contributed by atoms with van der Waals surface area (Å²) in [6.45, 7) is 6.88. The molecule has 0 radical (unpaired) electrons. The predicted octanol–water partition coefficient (Wildman–Crippen LogP) is 4.07. The number of amides is 1. The summed E-state index contributed by atoms with van der Waals surface area (Å²) < 4.78 is 1.11. The van der Waals surface area contributed by atoms with Gasteiger partial charge in [0, 0.05) is 65.5 Å². The van der Waals surface area contributed by atoms with E-state index in [1.165, 1.54) is 5.69 Å². The van der Waals surface area contributed by atoms with E-state index in [0.29, 0.717) is 6.54 Å². The van der Waals surface area contributed by atoms with Crippen LogP contribution in [-0.2, 0) is 0 Å². The summed E-state index contributed by atoms with van der Waals surface area (Å²) in [6, 6.07) is 17.2. The molecule has 7 heteroatoms. The zero-order valence-electron chi connectivity index (χ0n) is 17.9. The van der Waals surface area contributed by atoms with Gasteiger partial charge in [0.1, 0.15) is 4.88 Å². The second kappa shape index (κ2) is 7.76. The number of nitrogens with zero attached hydrogens (tertiary/aromatic N) is 2. The van der Waals surface area contributed by atoms with Crippen LogP contribution in [0.2, 0.25) is 0 Å². The lowest BCUT2D eigenvalue weighted by Gasteiger charge is -2.29. The van der Waals surface area contributed by atoms with Crippen molar-refractivity contribution in [1.82, 2.24) is 15.6 Å². The first-order valence-corrected chi connectivity index (χ1v) is 12.0. The molecule has 6 rings (SSSR count). The molecule has 0 bridgehead atoms. The second-order valence-corrected chi connectivity index (χ2v) is 9.60. The van der Waals surface area contributed by atoms with Gasteiger partial charge in [-0.2, -0.15) is 0 Å². The Hall–Kier alpha value is -3.16. The monoisotopic (exact) mass is 443 g/mol. The molecular weight excluding hydrogens is 418 g/mol. The van der Waals surface area contributed by atoms with Crippen molar-refractivity contribution in [1.29, 1.82) is 0 Å². The van der Waals surface area contributed by atoms with Gasteiger partial charge in [0.25, 0.3) is 5.91 Å². The average molecular weight is 444 g/mol. The highest BCUT2D eigenvalue weighted by Crippen LogP contribution is 2.41. The van der Waals surface area contributed by atoms with Gasteiger partial charge in [0.2, 0.25) is 0 Å². The zero-order chi connectivity index (χ0) is 21.7. The number of carbonyl (C=O) groups excluding carboxylic acids is 1. The number of rotatable bonds is 2. The Bertz CT molecular complexity index is 1320. The van der Waals surface area contributed by atoms with E-state index in [4.69, 9.17) is 4.98 Å². The molecule has 2 aliphatic heterocycles. The van der Waals surface area contributed by atoms with E-state index in [-0.39, 0.29) is 11.9 Å². The van der Waals surface area contributed by atoms with E-state index >= 15 is 0 Å². The van der Waals surface area contributed by atoms with Crippen LogP contribution in [0.1, 0.15) is 16.6 Å². The third kappa shape index (κ3) is 3.29. The minimum absolute atomic E-state index is 0.000931. The van der Waals surface area contributed by atoms with Crippen LogP contribution in [0.5, 0.6) is 0 Å². The number of hydrogen-bond acceptors (Lipinski definition) is 6. The third-order valence-corrected chi connectivity index (χ3v) is 7.49. The fourth-order valence-electron chi connectivity index (χ4n) is 4.65. The fraction of sp³-hybridized carbons (Fsp3) is 0.280.